The summed E-state index contributed by atoms with van der Waals surface area (Å²) < 4.78 is 0. The first-order valence-corrected chi connectivity index (χ1v) is 7.29. The number of nitrogens with zero attached hydrogens (tertiary/aromatic N) is 3. The molecule has 2 aromatic rings. The summed E-state index contributed by atoms with van der Waals surface area (Å²) in [6.07, 6.45) is 0. The van der Waals surface area contributed by atoms with E-state index in [1.54, 1.807) is 6.07 Å². The Morgan fingerprint density at radius 2 is 1.95 bits per heavy atom. The van der Waals surface area contributed by atoms with Crippen LogP contribution in [0.3, 0.4) is 0 Å². The van der Waals surface area contributed by atoms with Gasteiger partial charge in [0.25, 0.3) is 0 Å². The van der Waals surface area contributed by atoms with Crippen LogP contribution in [0.25, 0.3) is 10.9 Å². The van der Waals surface area contributed by atoms with Crippen LogP contribution in [0.15, 0.2) is 30.3 Å². The van der Waals surface area contributed by atoms with Crippen LogP contribution < -0.4 is 4.90 Å². The van der Waals surface area contributed by atoms with Crippen LogP contribution in [0, 0.1) is 0 Å². The predicted molar refractivity (Wildman–Crippen MR) is 83.0 cm³/mol. The number of anilines is 1. The third-order valence-corrected chi connectivity index (χ3v) is 4.05. The zero-order valence-electron chi connectivity index (χ0n) is 12.1. The molecule has 0 amide bonds. The molecule has 1 aromatic carbocycles. The van der Waals surface area contributed by atoms with E-state index in [-0.39, 0.29) is 0 Å². The van der Waals surface area contributed by atoms with Crippen molar-refractivity contribution in [3.05, 3.63) is 35.9 Å². The number of rotatable bonds is 3. The smallest absolute Gasteiger partial charge is 0.339 e. The van der Waals surface area contributed by atoms with E-state index in [1.165, 1.54) is 0 Å². The molecular formula is C16H19N3O2. The molecule has 1 aliphatic heterocycles. The summed E-state index contributed by atoms with van der Waals surface area (Å²) in [5.74, 6) is -0.321. The van der Waals surface area contributed by atoms with Crippen LogP contribution in [0.1, 0.15) is 17.3 Å². The van der Waals surface area contributed by atoms with Crippen molar-refractivity contribution in [2.24, 2.45) is 0 Å². The number of aromatic carboxylic acids is 1. The Bertz CT molecular complexity index is 664. The summed E-state index contributed by atoms with van der Waals surface area (Å²) in [5, 5.41) is 10.3. The van der Waals surface area contributed by atoms with Crippen LogP contribution in [-0.2, 0) is 0 Å². The van der Waals surface area contributed by atoms with E-state index in [0.29, 0.717) is 11.4 Å². The van der Waals surface area contributed by atoms with Crippen molar-refractivity contribution in [3.8, 4) is 0 Å². The van der Waals surface area contributed by atoms with E-state index >= 15 is 0 Å². The Labute approximate surface area is 123 Å². The molecule has 110 valence electrons. The second kappa shape index (κ2) is 5.69. The number of piperazine rings is 1. The van der Waals surface area contributed by atoms with Gasteiger partial charge in [-0.2, -0.15) is 0 Å². The SMILES string of the molecule is CCN1CCN(c2nc3ccccc3cc2C(=O)O)CC1. The van der Waals surface area contributed by atoms with Crippen molar-refractivity contribution < 1.29 is 9.90 Å². The molecule has 1 N–H and O–H groups in total. The van der Waals surface area contributed by atoms with Gasteiger partial charge in [-0.3, -0.25) is 0 Å². The van der Waals surface area contributed by atoms with Gasteiger partial charge in [0.2, 0.25) is 0 Å². The van der Waals surface area contributed by atoms with Crippen molar-refractivity contribution in [1.82, 2.24) is 9.88 Å². The molecule has 2 heterocycles. The van der Waals surface area contributed by atoms with Crippen molar-refractivity contribution in [2.75, 3.05) is 37.6 Å². The van der Waals surface area contributed by atoms with Crippen LogP contribution in [0.2, 0.25) is 0 Å². The number of aromatic nitrogens is 1. The minimum absolute atomic E-state index is 0.290. The molecule has 5 heteroatoms. The van der Waals surface area contributed by atoms with Crippen molar-refractivity contribution in [1.29, 1.82) is 0 Å². The average molecular weight is 285 g/mol. The molecule has 3 rings (SSSR count). The molecule has 1 fully saturated rings. The fourth-order valence-corrected chi connectivity index (χ4v) is 2.78. The first-order chi connectivity index (χ1) is 10.2. The molecule has 1 aliphatic rings. The number of hydrogen-bond donors (Lipinski definition) is 1. The van der Waals surface area contributed by atoms with Crippen LogP contribution in [-0.4, -0.2) is 53.7 Å². The normalized spacial score (nSPS) is 16.3. The van der Waals surface area contributed by atoms with E-state index in [2.05, 4.69) is 21.7 Å². The van der Waals surface area contributed by atoms with E-state index in [1.807, 2.05) is 24.3 Å². The maximum Gasteiger partial charge on any atom is 0.339 e. The van der Waals surface area contributed by atoms with Crippen LogP contribution in [0.4, 0.5) is 5.82 Å². The Morgan fingerprint density at radius 3 is 2.62 bits per heavy atom. The first-order valence-electron chi connectivity index (χ1n) is 7.29. The lowest BCUT2D eigenvalue weighted by Crippen LogP contribution is -2.46. The van der Waals surface area contributed by atoms with Gasteiger partial charge in [0.1, 0.15) is 11.4 Å². The summed E-state index contributed by atoms with van der Waals surface area (Å²) in [6.45, 7) is 6.71. The van der Waals surface area contributed by atoms with Gasteiger partial charge in [-0.15, -0.1) is 0 Å². The molecule has 1 aromatic heterocycles. The molecular weight excluding hydrogens is 266 g/mol. The van der Waals surface area contributed by atoms with Crippen LogP contribution >= 0.6 is 0 Å². The number of pyridine rings is 1. The number of fused-ring (bicyclic) bond motifs is 1. The Hall–Kier alpha value is -2.14. The van der Waals surface area contributed by atoms with Gasteiger partial charge in [0.05, 0.1) is 5.52 Å². The molecule has 1 saturated heterocycles. The fraction of sp³-hybridized carbons (Fsp3) is 0.375. The lowest BCUT2D eigenvalue weighted by Gasteiger charge is -2.35. The number of carboxylic acids is 1. The Morgan fingerprint density at radius 1 is 1.24 bits per heavy atom. The number of likely N-dealkylation sites (N-methyl/N-ethyl adjacent to an activating group) is 1. The van der Waals surface area contributed by atoms with Crippen LogP contribution in [0.5, 0.6) is 0 Å². The summed E-state index contributed by atoms with van der Waals surface area (Å²) >= 11 is 0. The van der Waals surface area contributed by atoms with Gasteiger partial charge in [-0.1, -0.05) is 25.1 Å². The standard InChI is InChI=1S/C16H19N3O2/c1-2-18-7-9-19(10-8-18)15-13(16(20)21)11-12-5-3-4-6-14(12)17-15/h3-6,11H,2,7-10H2,1H3,(H,20,21). The second-order valence-corrected chi connectivity index (χ2v) is 5.28. The molecule has 0 saturated carbocycles. The number of carboxylic acid groups (broad SMARTS) is 1. The van der Waals surface area contributed by atoms with Gasteiger partial charge in [-0.25, -0.2) is 9.78 Å². The molecule has 0 aliphatic carbocycles. The van der Waals surface area contributed by atoms with Crippen molar-refractivity contribution in [2.45, 2.75) is 6.92 Å². The minimum atomic E-state index is -0.916. The van der Waals surface area contributed by atoms with Gasteiger partial charge in [-0.05, 0) is 18.7 Å². The topological polar surface area (TPSA) is 56.7 Å². The zero-order chi connectivity index (χ0) is 14.8. The number of para-hydroxylation sites is 1. The third-order valence-electron chi connectivity index (χ3n) is 4.05. The predicted octanol–water partition coefficient (Wildman–Crippen LogP) is 2.07. The maximum atomic E-state index is 11.6. The summed E-state index contributed by atoms with van der Waals surface area (Å²) in [5.41, 5.74) is 1.13. The molecule has 0 atom stereocenters. The largest absolute Gasteiger partial charge is 0.478 e. The molecule has 0 bridgehead atoms. The van der Waals surface area contributed by atoms with Crippen molar-refractivity contribution in [3.63, 3.8) is 0 Å². The fourth-order valence-electron chi connectivity index (χ4n) is 2.78. The highest BCUT2D eigenvalue weighted by atomic mass is 16.4. The zero-order valence-corrected chi connectivity index (χ0v) is 12.1. The van der Waals surface area contributed by atoms with Gasteiger partial charge >= 0.3 is 5.97 Å². The van der Waals surface area contributed by atoms with Gasteiger partial charge < -0.3 is 14.9 Å². The highest BCUT2D eigenvalue weighted by Crippen LogP contribution is 2.24. The number of hydrogen-bond acceptors (Lipinski definition) is 4. The lowest BCUT2D eigenvalue weighted by molar-refractivity contribution is 0.0697. The average Bonchev–Trinajstić information content (AvgIpc) is 2.53. The summed E-state index contributed by atoms with van der Waals surface area (Å²) in [6, 6.07) is 9.37. The summed E-state index contributed by atoms with van der Waals surface area (Å²) in [4.78, 5) is 20.6. The highest BCUT2D eigenvalue weighted by Gasteiger charge is 2.22. The number of carbonyl (C=O) groups is 1. The third kappa shape index (κ3) is 2.69. The molecule has 0 radical (unpaired) electrons. The molecule has 5 nitrogen and oxygen atoms in total. The maximum absolute atomic E-state index is 11.6. The summed E-state index contributed by atoms with van der Waals surface area (Å²) in [7, 11) is 0. The Kier molecular flexibility index (Phi) is 3.75. The highest BCUT2D eigenvalue weighted by molar-refractivity contribution is 5.98. The van der Waals surface area contributed by atoms with Crippen molar-refractivity contribution >= 4 is 22.7 Å². The van der Waals surface area contributed by atoms with E-state index < -0.39 is 5.97 Å². The van der Waals surface area contributed by atoms with Gasteiger partial charge in [0, 0.05) is 31.6 Å². The lowest BCUT2D eigenvalue weighted by atomic mass is 10.1. The number of benzene rings is 1. The van der Waals surface area contributed by atoms with Gasteiger partial charge in [0.15, 0.2) is 0 Å². The van der Waals surface area contributed by atoms with E-state index in [9.17, 15) is 9.90 Å². The molecule has 21 heavy (non-hydrogen) atoms. The molecule has 0 spiro atoms. The Balaban J connectivity index is 2.00. The van der Waals surface area contributed by atoms with E-state index in [4.69, 9.17) is 0 Å². The quantitative estimate of drug-likeness (QED) is 0.935. The molecule has 0 unspecified atom stereocenters. The second-order valence-electron chi connectivity index (χ2n) is 5.28. The van der Waals surface area contributed by atoms with E-state index in [0.717, 1.165) is 43.6 Å². The first kappa shape index (κ1) is 13.8. The minimum Gasteiger partial charge on any atom is -0.478 e. The monoisotopic (exact) mass is 285 g/mol.